The van der Waals surface area contributed by atoms with E-state index in [2.05, 4.69) is 15.7 Å². The first-order valence-electron chi connectivity index (χ1n) is 7.41. The van der Waals surface area contributed by atoms with Crippen LogP contribution in [0, 0.1) is 0 Å². The van der Waals surface area contributed by atoms with Gasteiger partial charge in [-0.15, -0.1) is 0 Å². The molecular weight excluding hydrogens is 288 g/mol. The van der Waals surface area contributed by atoms with E-state index in [1.165, 1.54) is 11.8 Å². The molecule has 1 heterocycles. The van der Waals surface area contributed by atoms with E-state index >= 15 is 0 Å². The van der Waals surface area contributed by atoms with Crippen LogP contribution < -0.4 is 4.72 Å². The summed E-state index contributed by atoms with van der Waals surface area (Å²) in [6.07, 6.45) is 3.25. The molecule has 2 N–H and O–H groups in total. The Hall–Kier alpha value is -0.950. The van der Waals surface area contributed by atoms with Crippen LogP contribution in [-0.2, 0) is 16.4 Å². The van der Waals surface area contributed by atoms with Crippen molar-refractivity contribution in [1.82, 2.24) is 9.62 Å². The van der Waals surface area contributed by atoms with Crippen LogP contribution in [0.3, 0.4) is 0 Å². The highest BCUT2D eigenvalue weighted by Crippen LogP contribution is 2.35. The Balaban J connectivity index is 1.61. The molecule has 5 nitrogen and oxygen atoms in total. The third-order valence-electron chi connectivity index (χ3n) is 4.55. The van der Waals surface area contributed by atoms with E-state index in [-0.39, 0.29) is 12.1 Å². The largest absolute Gasteiger partial charge is 0.387 e. The summed E-state index contributed by atoms with van der Waals surface area (Å²) >= 11 is 0. The molecule has 1 fully saturated rings. The number of sulfonamides is 1. The summed E-state index contributed by atoms with van der Waals surface area (Å²) < 4.78 is 25.2. The lowest BCUT2D eigenvalue weighted by atomic mass is 10.0. The van der Waals surface area contributed by atoms with Gasteiger partial charge in [-0.25, -0.2) is 13.1 Å². The lowest BCUT2D eigenvalue weighted by Gasteiger charge is -2.37. The average Bonchev–Trinajstić information content (AvgIpc) is 2.76. The average molecular weight is 310 g/mol. The molecule has 1 aliphatic carbocycles. The van der Waals surface area contributed by atoms with Crippen molar-refractivity contribution in [3.05, 3.63) is 35.4 Å². The van der Waals surface area contributed by atoms with Gasteiger partial charge < -0.3 is 5.11 Å². The highest BCUT2D eigenvalue weighted by Gasteiger charge is 2.36. The minimum Gasteiger partial charge on any atom is -0.387 e. The van der Waals surface area contributed by atoms with Crippen molar-refractivity contribution in [2.75, 3.05) is 19.3 Å². The maximum Gasteiger partial charge on any atom is 0.208 e. The number of hydrogen-bond donors (Lipinski definition) is 2. The Morgan fingerprint density at radius 2 is 1.90 bits per heavy atom. The fourth-order valence-corrected chi connectivity index (χ4v) is 4.37. The van der Waals surface area contributed by atoms with Crippen molar-refractivity contribution in [3.63, 3.8) is 0 Å². The van der Waals surface area contributed by atoms with Crippen molar-refractivity contribution >= 4 is 10.0 Å². The third-order valence-corrected chi connectivity index (χ3v) is 5.31. The molecule has 0 bridgehead atoms. The lowest BCUT2D eigenvalue weighted by Crippen LogP contribution is -2.48. The molecule has 1 aromatic carbocycles. The normalized spacial score (nSPS) is 27.7. The second-order valence-corrected chi connectivity index (χ2v) is 7.90. The predicted molar refractivity (Wildman–Crippen MR) is 81.5 cm³/mol. The van der Waals surface area contributed by atoms with Crippen molar-refractivity contribution in [2.45, 2.75) is 37.5 Å². The summed E-state index contributed by atoms with van der Waals surface area (Å²) in [6.45, 7) is 1.64. The molecule has 2 atom stereocenters. The van der Waals surface area contributed by atoms with Gasteiger partial charge in [0.2, 0.25) is 10.0 Å². The Morgan fingerprint density at radius 1 is 1.24 bits per heavy atom. The van der Waals surface area contributed by atoms with E-state index in [4.69, 9.17) is 0 Å². The first kappa shape index (κ1) is 15.0. The second kappa shape index (κ2) is 5.68. The molecule has 1 saturated heterocycles. The van der Waals surface area contributed by atoms with Gasteiger partial charge in [0.25, 0.3) is 0 Å². The van der Waals surface area contributed by atoms with Crippen LogP contribution in [0.4, 0.5) is 0 Å². The van der Waals surface area contributed by atoms with E-state index in [0.717, 1.165) is 37.9 Å². The monoisotopic (exact) mass is 310 g/mol. The summed E-state index contributed by atoms with van der Waals surface area (Å²) in [5.41, 5.74) is 2.27. The zero-order valence-corrected chi connectivity index (χ0v) is 13.0. The summed E-state index contributed by atoms with van der Waals surface area (Å²) in [4.78, 5) is 2.30. The Bertz CT molecular complexity index is 609. The molecule has 0 aromatic heterocycles. The fraction of sp³-hybridized carbons (Fsp3) is 0.600. The summed E-state index contributed by atoms with van der Waals surface area (Å²) in [6, 6.07) is 8.20. The fourth-order valence-electron chi connectivity index (χ4n) is 3.53. The van der Waals surface area contributed by atoms with E-state index in [0.29, 0.717) is 0 Å². The molecule has 21 heavy (non-hydrogen) atoms. The Kier molecular flexibility index (Phi) is 4.05. The van der Waals surface area contributed by atoms with E-state index in [9.17, 15) is 13.5 Å². The molecule has 0 spiro atoms. The maximum absolute atomic E-state index is 11.3. The summed E-state index contributed by atoms with van der Waals surface area (Å²) in [5, 5.41) is 10.5. The van der Waals surface area contributed by atoms with Crippen LogP contribution in [0.1, 0.15) is 30.1 Å². The number of rotatable bonds is 3. The molecule has 116 valence electrons. The number of piperidine rings is 1. The maximum atomic E-state index is 11.3. The van der Waals surface area contributed by atoms with Gasteiger partial charge in [-0.3, -0.25) is 4.90 Å². The zero-order chi connectivity index (χ0) is 15.0. The number of aliphatic hydroxyl groups excluding tert-OH is 1. The molecular formula is C15H22N2O3S. The highest BCUT2D eigenvalue weighted by molar-refractivity contribution is 7.88. The first-order valence-corrected chi connectivity index (χ1v) is 9.30. The molecule has 0 amide bonds. The van der Waals surface area contributed by atoms with Gasteiger partial charge in [0.05, 0.1) is 12.4 Å². The number of aliphatic hydroxyl groups is 1. The van der Waals surface area contributed by atoms with Crippen LogP contribution in [0.25, 0.3) is 0 Å². The molecule has 2 unspecified atom stereocenters. The van der Waals surface area contributed by atoms with Crippen LogP contribution in [0.2, 0.25) is 0 Å². The van der Waals surface area contributed by atoms with Gasteiger partial charge >= 0.3 is 0 Å². The van der Waals surface area contributed by atoms with Crippen LogP contribution in [0.15, 0.2) is 24.3 Å². The molecule has 3 rings (SSSR count). The summed E-state index contributed by atoms with van der Waals surface area (Å²) in [5.74, 6) is 0. The van der Waals surface area contributed by atoms with Gasteiger partial charge in [0, 0.05) is 25.2 Å². The summed E-state index contributed by atoms with van der Waals surface area (Å²) in [7, 11) is -3.13. The van der Waals surface area contributed by atoms with Gasteiger partial charge in [0.1, 0.15) is 0 Å². The van der Waals surface area contributed by atoms with Gasteiger partial charge in [-0.05, 0) is 30.4 Å². The van der Waals surface area contributed by atoms with E-state index < -0.39 is 16.1 Å². The third kappa shape index (κ3) is 3.29. The molecule has 1 aromatic rings. The molecule has 0 saturated carbocycles. The number of benzene rings is 1. The molecule has 2 aliphatic rings. The molecule has 0 radical (unpaired) electrons. The van der Waals surface area contributed by atoms with E-state index in [1.807, 2.05) is 18.2 Å². The predicted octanol–water partition coefficient (Wildman–Crippen LogP) is 0.658. The van der Waals surface area contributed by atoms with Crippen LogP contribution in [-0.4, -0.2) is 49.9 Å². The molecule has 1 aliphatic heterocycles. The van der Waals surface area contributed by atoms with Crippen LogP contribution >= 0.6 is 0 Å². The van der Waals surface area contributed by atoms with Gasteiger partial charge in [-0.2, -0.15) is 0 Å². The van der Waals surface area contributed by atoms with Crippen molar-refractivity contribution in [3.8, 4) is 0 Å². The smallest absolute Gasteiger partial charge is 0.208 e. The van der Waals surface area contributed by atoms with Crippen molar-refractivity contribution < 1.29 is 13.5 Å². The number of fused-ring (bicyclic) bond motifs is 1. The number of hydrogen-bond acceptors (Lipinski definition) is 4. The number of likely N-dealkylation sites (tertiary alicyclic amines) is 1. The number of nitrogens with zero attached hydrogens (tertiary/aromatic N) is 1. The van der Waals surface area contributed by atoms with Crippen LogP contribution in [0.5, 0.6) is 0 Å². The number of nitrogens with one attached hydrogen (secondary N) is 1. The first-order chi connectivity index (χ1) is 9.94. The highest BCUT2D eigenvalue weighted by atomic mass is 32.2. The van der Waals surface area contributed by atoms with Crippen molar-refractivity contribution in [1.29, 1.82) is 0 Å². The minimum absolute atomic E-state index is 0.0252. The Labute approximate surface area is 126 Å². The lowest BCUT2D eigenvalue weighted by molar-refractivity contribution is 0.0451. The Morgan fingerprint density at radius 3 is 2.52 bits per heavy atom. The standard InChI is InChI=1S/C15H22N2O3S/c1-21(19,20)16-12-6-8-17(9-7-12)14-10-11-4-2-3-5-13(11)15(14)18/h2-5,12,14-16,18H,6-10H2,1H3. The van der Waals surface area contributed by atoms with Gasteiger partial charge in [-0.1, -0.05) is 24.3 Å². The topological polar surface area (TPSA) is 69.6 Å². The quantitative estimate of drug-likeness (QED) is 0.860. The minimum atomic E-state index is -3.13. The van der Waals surface area contributed by atoms with Crippen molar-refractivity contribution in [2.24, 2.45) is 0 Å². The molecule has 6 heteroatoms. The van der Waals surface area contributed by atoms with E-state index in [1.54, 1.807) is 0 Å². The van der Waals surface area contributed by atoms with Gasteiger partial charge in [0.15, 0.2) is 0 Å². The SMILES string of the molecule is CS(=O)(=O)NC1CCN(C2Cc3ccccc3C2O)CC1. The zero-order valence-electron chi connectivity index (χ0n) is 12.2. The second-order valence-electron chi connectivity index (χ2n) is 6.12.